The average molecular weight is 200 g/mol. The number of para-hydroxylation sites is 1. The summed E-state index contributed by atoms with van der Waals surface area (Å²) >= 11 is 0. The highest BCUT2D eigenvalue weighted by molar-refractivity contribution is 5.72. The summed E-state index contributed by atoms with van der Waals surface area (Å²) in [4.78, 5) is 0. The standard InChI is InChI=1S/C14H16O/c1-10(2)14(4)9-11(3)12-7-5-6-8-13(12)15-14/h5-9H,1H2,2-4H3/t14-/m1/s1. The van der Waals surface area contributed by atoms with Crippen LogP contribution in [0.4, 0.5) is 0 Å². The summed E-state index contributed by atoms with van der Waals surface area (Å²) in [6.45, 7) is 10.2. The third-order valence-electron chi connectivity index (χ3n) is 2.97. The zero-order valence-corrected chi connectivity index (χ0v) is 9.50. The molecule has 78 valence electrons. The maximum atomic E-state index is 5.98. The van der Waals surface area contributed by atoms with Gasteiger partial charge < -0.3 is 4.74 Å². The quantitative estimate of drug-likeness (QED) is 0.626. The normalized spacial score (nSPS) is 23.8. The van der Waals surface area contributed by atoms with E-state index in [0.29, 0.717) is 0 Å². The van der Waals surface area contributed by atoms with E-state index in [1.54, 1.807) is 0 Å². The third kappa shape index (κ3) is 1.58. The van der Waals surface area contributed by atoms with Crippen molar-refractivity contribution in [2.24, 2.45) is 0 Å². The molecule has 1 aliphatic heterocycles. The lowest BCUT2D eigenvalue weighted by Gasteiger charge is -2.33. The van der Waals surface area contributed by atoms with Crippen molar-refractivity contribution in [3.8, 4) is 5.75 Å². The molecule has 0 aromatic heterocycles. The molecule has 1 aromatic carbocycles. The van der Waals surface area contributed by atoms with Crippen molar-refractivity contribution < 1.29 is 4.74 Å². The maximum Gasteiger partial charge on any atom is 0.145 e. The van der Waals surface area contributed by atoms with E-state index in [2.05, 4.69) is 32.6 Å². The van der Waals surface area contributed by atoms with E-state index in [1.165, 1.54) is 11.1 Å². The zero-order chi connectivity index (χ0) is 11.1. The average Bonchev–Trinajstić information content (AvgIpc) is 2.17. The first-order chi connectivity index (χ1) is 7.03. The minimum absolute atomic E-state index is 0.363. The van der Waals surface area contributed by atoms with Gasteiger partial charge >= 0.3 is 0 Å². The van der Waals surface area contributed by atoms with Gasteiger partial charge in [-0.15, -0.1) is 0 Å². The number of benzene rings is 1. The lowest BCUT2D eigenvalue weighted by molar-refractivity contribution is 0.176. The molecule has 1 heteroatoms. The highest BCUT2D eigenvalue weighted by atomic mass is 16.5. The van der Waals surface area contributed by atoms with Crippen molar-refractivity contribution >= 4 is 5.57 Å². The van der Waals surface area contributed by atoms with E-state index in [1.807, 2.05) is 25.1 Å². The van der Waals surface area contributed by atoms with Crippen molar-refractivity contribution in [3.63, 3.8) is 0 Å². The molecule has 0 spiro atoms. The Bertz CT molecular complexity index is 442. The van der Waals surface area contributed by atoms with Crippen molar-refractivity contribution in [2.45, 2.75) is 26.4 Å². The molecule has 0 aliphatic carbocycles. The fourth-order valence-electron chi connectivity index (χ4n) is 1.84. The number of allylic oxidation sites excluding steroid dienone is 1. The number of ether oxygens (including phenoxy) is 1. The Morgan fingerprint density at radius 2 is 2.00 bits per heavy atom. The molecule has 2 rings (SSSR count). The van der Waals surface area contributed by atoms with E-state index in [4.69, 9.17) is 4.74 Å². The molecule has 1 atom stereocenters. The minimum Gasteiger partial charge on any atom is -0.478 e. The van der Waals surface area contributed by atoms with E-state index >= 15 is 0 Å². The van der Waals surface area contributed by atoms with E-state index in [-0.39, 0.29) is 5.60 Å². The second kappa shape index (κ2) is 3.27. The molecule has 0 N–H and O–H groups in total. The van der Waals surface area contributed by atoms with Gasteiger partial charge in [0.2, 0.25) is 0 Å². The van der Waals surface area contributed by atoms with Crippen LogP contribution in [0.15, 0.2) is 42.5 Å². The summed E-state index contributed by atoms with van der Waals surface area (Å²) in [7, 11) is 0. The van der Waals surface area contributed by atoms with Crippen LogP contribution in [-0.4, -0.2) is 5.60 Å². The predicted octanol–water partition coefficient (Wildman–Crippen LogP) is 3.82. The van der Waals surface area contributed by atoms with Gasteiger partial charge in [-0.05, 0) is 44.1 Å². The molecule has 0 bridgehead atoms. The minimum atomic E-state index is -0.363. The molecule has 0 radical (unpaired) electrons. The summed E-state index contributed by atoms with van der Waals surface area (Å²) in [5.41, 5.74) is 3.09. The molecule has 1 nitrogen and oxygen atoms in total. The largest absolute Gasteiger partial charge is 0.478 e. The molecule has 0 saturated carbocycles. The second-order valence-corrected chi connectivity index (χ2v) is 4.31. The van der Waals surface area contributed by atoms with Gasteiger partial charge in [0.25, 0.3) is 0 Å². The predicted molar refractivity (Wildman–Crippen MR) is 63.9 cm³/mol. The Labute approximate surface area is 91.1 Å². The Morgan fingerprint density at radius 1 is 1.33 bits per heavy atom. The van der Waals surface area contributed by atoms with Gasteiger partial charge in [0.05, 0.1) is 0 Å². The Hall–Kier alpha value is -1.50. The molecule has 15 heavy (non-hydrogen) atoms. The Kier molecular flexibility index (Phi) is 2.18. The summed E-state index contributed by atoms with van der Waals surface area (Å²) in [5, 5.41) is 0. The highest BCUT2D eigenvalue weighted by Gasteiger charge is 2.29. The van der Waals surface area contributed by atoms with Crippen molar-refractivity contribution in [1.29, 1.82) is 0 Å². The van der Waals surface area contributed by atoms with Crippen LogP contribution < -0.4 is 4.74 Å². The van der Waals surface area contributed by atoms with Crippen LogP contribution in [0.25, 0.3) is 5.57 Å². The van der Waals surface area contributed by atoms with Gasteiger partial charge in [-0.1, -0.05) is 24.8 Å². The van der Waals surface area contributed by atoms with E-state index < -0.39 is 0 Å². The molecule has 1 heterocycles. The number of rotatable bonds is 1. The summed E-state index contributed by atoms with van der Waals surface area (Å²) in [6, 6.07) is 8.12. The van der Waals surface area contributed by atoms with Crippen LogP contribution in [-0.2, 0) is 0 Å². The van der Waals surface area contributed by atoms with Crippen LogP contribution in [0.2, 0.25) is 0 Å². The van der Waals surface area contributed by atoms with E-state index in [9.17, 15) is 0 Å². The van der Waals surface area contributed by atoms with Crippen molar-refractivity contribution in [3.05, 3.63) is 48.1 Å². The number of fused-ring (bicyclic) bond motifs is 1. The first kappa shape index (κ1) is 10.0. The molecule has 0 unspecified atom stereocenters. The van der Waals surface area contributed by atoms with Gasteiger partial charge in [-0.25, -0.2) is 0 Å². The summed E-state index contributed by atoms with van der Waals surface area (Å²) in [6.07, 6.45) is 2.14. The third-order valence-corrected chi connectivity index (χ3v) is 2.97. The first-order valence-electron chi connectivity index (χ1n) is 5.17. The zero-order valence-electron chi connectivity index (χ0n) is 9.50. The lowest BCUT2D eigenvalue weighted by atomic mass is 9.90. The molecule has 0 fully saturated rings. The molecule has 0 saturated heterocycles. The van der Waals surface area contributed by atoms with Crippen LogP contribution in [0.1, 0.15) is 26.3 Å². The molecule has 1 aliphatic rings. The molecular formula is C14H16O. The Morgan fingerprint density at radius 3 is 2.67 bits per heavy atom. The molecular weight excluding hydrogens is 184 g/mol. The first-order valence-corrected chi connectivity index (χ1v) is 5.17. The number of hydrogen-bond donors (Lipinski definition) is 0. The fraction of sp³-hybridized carbons (Fsp3) is 0.286. The van der Waals surface area contributed by atoms with E-state index in [0.717, 1.165) is 11.3 Å². The number of hydrogen-bond acceptors (Lipinski definition) is 1. The van der Waals surface area contributed by atoms with Gasteiger partial charge in [0, 0.05) is 5.56 Å². The molecule has 0 amide bonds. The van der Waals surface area contributed by atoms with Crippen LogP contribution in [0.3, 0.4) is 0 Å². The van der Waals surface area contributed by atoms with Crippen molar-refractivity contribution in [2.75, 3.05) is 0 Å². The summed E-state index contributed by atoms with van der Waals surface area (Å²) < 4.78 is 5.98. The second-order valence-electron chi connectivity index (χ2n) is 4.31. The molecule has 1 aromatic rings. The fourth-order valence-corrected chi connectivity index (χ4v) is 1.84. The van der Waals surface area contributed by atoms with Gasteiger partial charge in [-0.3, -0.25) is 0 Å². The highest BCUT2D eigenvalue weighted by Crippen LogP contribution is 2.38. The van der Waals surface area contributed by atoms with Gasteiger partial charge in [-0.2, -0.15) is 0 Å². The van der Waals surface area contributed by atoms with Crippen LogP contribution in [0.5, 0.6) is 5.75 Å². The van der Waals surface area contributed by atoms with Crippen molar-refractivity contribution in [1.82, 2.24) is 0 Å². The maximum absolute atomic E-state index is 5.98. The van der Waals surface area contributed by atoms with Gasteiger partial charge in [0.1, 0.15) is 11.4 Å². The van der Waals surface area contributed by atoms with Crippen LogP contribution >= 0.6 is 0 Å². The lowest BCUT2D eigenvalue weighted by Crippen LogP contribution is -2.33. The SMILES string of the molecule is C=C(C)[C@@]1(C)C=C(C)c2ccccc2O1. The smallest absolute Gasteiger partial charge is 0.145 e. The monoisotopic (exact) mass is 200 g/mol. The Balaban J connectivity index is 2.54. The van der Waals surface area contributed by atoms with Crippen LogP contribution in [0, 0.1) is 0 Å². The van der Waals surface area contributed by atoms with Gasteiger partial charge in [0.15, 0.2) is 0 Å². The summed E-state index contributed by atoms with van der Waals surface area (Å²) in [5.74, 6) is 0.947. The topological polar surface area (TPSA) is 9.23 Å².